The van der Waals surface area contributed by atoms with Crippen LogP contribution in [0.15, 0.2) is 16.8 Å². The Morgan fingerprint density at radius 3 is 3.06 bits per heavy atom. The van der Waals surface area contributed by atoms with Crippen LogP contribution in [0.3, 0.4) is 0 Å². The average molecular weight is 238 g/mol. The normalized spacial score (nSPS) is 27.1. The van der Waals surface area contributed by atoms with Gasteiger partial charge in [0.15, 0.2) is 0 Å². The summed E-state index contributed by atoms with van der Waals surface area (Å²) in [7, 11) is 0. The number of nitrogens with two attached hydrogens (primary N) is 1. The Kier molecular flexibility index (Phi) is 4.38. The van der Waals surface area contributed by atoms with E-state index in [1.807, 2.05) is 0 Å². The van der Waals surface area contributed by atoms with Crippen LogP contribution < -0.4 is 5.73 Å². The topological polar surface area (TPSA) is 29.3 Å². The lowest BCUT2D eigenvalue weighted by molar-refractivity contribution is 0.156. The van der Waals surface area contributed by atoms with Gasteiger partial charge < -0.3 is 10.6 Å². The molecular weight excluding hydrogens is 216 g/mol. The molecule has 2 N–H and O–H groups in total. The summed E-state index contributed by atoms with van der Waals surface area (Å²) in [5.41, 5.74) is 7.62. The highest BCUT2D eigenvalue weighted by molar-refractivity contribution is 7.07. The fraction of sp³-hybridized carbons (Fsp3) is 0.692. The van der Waals surface area contributed by atoms with Gasteiger partial charge in [-0.25, -0.2) is 0 Å². The predicted octanol–water partition coefficient (Wildman–Crippen LogP) is 2.35. The summed E-state index contributed by atoms with van der Waals surface area (Å²) in [6, 6.07) is 2.62. The zero-order valence-corrected chi connectivity index (χ0v) is 10.9. The molecule has 2 heterocycles. The van der Waals surface area contributed by atoms with Crippen LogP contribution in [-0.4, -0.2) is 30.6 Å². The third kappa shape index (κ3) is 3.30. The van der Waals surface area contributed by atoms with Gasteiger partial charge in [-0.1, -0.05) is 6.92 Å². The number of hydrogen-bond donors (Lipinski definition) is 1. The third-order valence-corrected chi connectivity index (χ3v) is 4.02. The molecule has 1 aliphatic rings. The van der Waals surface area contributed by atoms with E-state index in [2.05, 4.69) is 28.7 Å². The summed E-state index contributed by atoms with van der Waals surface area (Å²) in [6.07, 6.45) is 3.63. The lowest BCUT2D eigenvalue weighted by Gasteiger charge is -2.36. The molecule has 0 radical (unpaired) electrons. The molecule has 1 fully saturated rings. The van der Waals surface area contributed by atoms with Gasteiger partial charge in [0.2, 0.25) is 0 Å². The monoisotopic (exact) mass is 238 g/mol. The Morgan fingerprint density at radius 1 is 1.50 bits per heavy atom. The standard InChI is InChI=1S/C13H22N2S/c1-2-4-15-8-12(7-13(14)9-15)6-11-3-5-16-10-11/h3,5,10,12-13H,2,4,6-9,14H2,1H3. The molecule has 3 heteroatoms. The van der Waals surface area contributed by atoms with E-state index >= 15 is 0 Å². The minimum atomic E-state index is 0.379. The van der Waals surface area contributed by atoms with Gasteiger partial charge >= 0.3 is 0 Å². The van der Waals surface area contributed by atoms with Gasteiger partial charge in [0.05, 0.1) is 0 Å². The van der Waals surface area contributed by atoms with Crippen LogP contribution in [0, 0.1) is 5.92 Å². The van der Waals surface area contributed by atoms with Crippen LogP contribution in [-0.2, 0) is 6.42 Å². The van der Waals surface area contributed by atoms with Crippen LogP contribution in [0.1, 0.15) is 25.3 Å². The SMILES string of the molecule is CCCN1CC(N)CC(Cc2ccsc2)C1. The maximum Gasteiger partial charge on any atom is 0.0171 e. The van der Waals surface area contributed by atoms with Gasteiger partial charge in [-0.2, -0.15) is 11.3 Å². The largest absolute Gasteiger partial charge is 0.327 e. The Hall–Kier alpha value is -0.380. The Balaban J connectivity index is 1.89. The molecule has 2 nitrogen and oxygen atoms in total. The van der Waals surface area contributed by atoms with Gasteiger partial charge in [0.25, 0.3) is 0 Å². The molecule has 0 spiro atoms. The molecule has 90 valence electrons. The number of thiophene rings is 1. The van der Waals surface area contributed by atoms with E-state index < -0.39 is 0 Å². The van der Waals surface area contributed by atoms with E-state index in [4.69, 9.17) is 5.73 Å². The molecule has 1 saturated heterocycles. The number of rotatable bonds is 4. The van der Waals surface area contributed by atoms with Crippen LogP contribution in [0.2, 0.25) is 0 Å². The lowest BCUT2D eigenvalue weighted by Crippen LogP contribution is -2.47. The van der Waals surface area contributed by atoms with Crippen molar-refractivity contribution in [2.24, 2.45) is 11.7 Å². The van der Waals surface area contributed by atoms with Crippen molar-refractivity contribution in [3.05, 3.63) is 22.4 Å². The summed E-state index contributed by atoms with van der Waals surface area (Å²) in [5.74, 6) is 0.755. The molecular formula is C13H22N2S. The Morgan fingerprint density at radius 2 is 2.38 bits per heavy atom. The molecule has 0 bridgehead atoms. The molecule has 1 aliphatic heterocycles. The molecule has 0 aliphatic carbocycles. The van der Waals surface area contributed by atoms with Crippen LogP contribution in [0.4, 0.5) is 0 Å². The summed E-state index contributed by atoms with van der Waals surface area (Å²) < 4.78 is 0. The quantitative estimate of drug-likeness (QED) is 0.872. The van der Waals surface area contributed by atoms with E-state index in [-0.39, 0.29) is 0 Å². The smallest absolute Gasteiger partial charge is 0.0171 e. The van der Waals surface area contributed by atoms with Gasteiger partial charge in [-0.05, 0) is 54.1 Å². The number of nitrogens with zero attached hydrogens (tertiary/aromatic N) is 1. The fourth-order valence-electron chi connectivity index (χ4n) is 2.74. The van der Waals surface area contributed by atoms with E-state index in [0.717, 1.165) is 12.5 Å². The second-order valence-electron chi connectivity index (χ2n) is 4.96. The highest BCUT2D eigenvalue weighted by Gasteiger charge is 2.24. The van der Waals surface area contributed by atoms with E-state index in [1.165, 1.54) is 37.9 Å². The fourth-order valence-corrected chi connectivity index (χ4v) is 3.42. The summed E-state index contributed by atoms with van der Waals surface area (Å²) in [4.78, 5) is 2.53. The molecule has 0 saturated carbocycles. The van der Waals surface area contributed by atoms with Crippen LogP contribution >= 0.6 is 11.3 Å². The minimum absolute atomic E-state index is 0.379. The van der Waals surface area contributed by atoms with Crippen LogP contribution in [0.25, 0.3) is 0 Å². The van der Waals surface area contributed by atoms with E-state index in [1.54, 1.807) is 11.3 Å². The molecule has 2 rings (SSSR count). The molecule has 0 amide bonds. The molecule has 1 aromatic rings. The zero-order valence-electron chi connectivity index (χ0n) is 10.1. The Labute approximate surface area is 102 Å². The first-order chi connectivity index (χ1) is 7.78. The highest BCUT2D eigenvalue weighted by atomic mass is 32.1. The van der Waals surface area contributed by atoms with Crippen molar-refractivity contribution < 1.29 is 0 Å². The predicted molar refractivity (Wildman–Crippen MR) is 70.8 cm³/mol. The Bertz CT molecular complexity index is 297. The van der Waals surface area contributed by atoms with Gasteiger partial charge in [0.1, 0.15) is 0 Å². The first kappa shape index (κ1) is 12.1. The second kappa shape index (κ2) is 5.80. The van der Waals surface area contributed by atoms with Gasteiger partial charge in [-0.15, -0.1) is 0 Å². The van der Waals surface area contributed by atoms with E-state index in [0.29, 0.717) is 6.04 Å². The minimum Gasteiger partial charge on any atom is -0.327 e. The highest BCUT2D eigenvalue weighted by Crippen LogP contribution is 2.21. The first-order valence-corrected chi connectivity index (χ1v) is 7.21. The van der Waals surface area contributed by atoms with Crippen molar-refractivity contribution in [1.29, 1.82) is 0 Å². The summed E-state index contributed by atoms with van der Waals surface area (Å²) in [6.45, 7) is 5.77. The van der Waals surface area contributed by atoms with E-state index in [9.17, 15) is 0 Å². The molecule has 1 aromatic heterocycles. The second-order valence-corrected chi connectivity index (χ2v) is 5.74. The molecule has 16 heavy (non-hydrogen) atoms. The van der Waals surface area contributed by atoms with Crippen molar-refractivity contribution in [1.82, 2.24) is 4.90 Å². The number of likely N-dealkylation sites (tertiary alicyclic amines) is 1. The van der Waals surface area contributed by atoms with Crippen molar-refractivity contribution in [2.75, 3.05) is 19.6 Å². The zero-order chi connectivity index (χ0) is 11.4. The van der Waals surface area contributed by atoms with Crippen molar-refractivity contribution >= 4 is 11.3 Å². The van der Waals surface area contributed by atoms with Crippen molar-refractivity contribution in [2.45, 2.75) is 32.2 Å². The van der Waals surface area contributed by atoms with Crippen molar-refractivity contribution in [3.8, 4) is 0 Å². The average Bonchev–Trinajstić information content (AvgIpc) is 2.70. The third-order valence-electron chi connectivity index (χ3n) is 3.29. The maximum atomic E-state index is 6.14. The number of piperidine rings is 1. The maximum absolute atomic E-state index is 6.14. The van der Waals surface area contributed by atoms with Crippen molar-refractivity contribution in [3.63, 3.8) is 0 Å². The van der Waals surface area contributed by atoms with Crippen LogP contribution in [0.5, 0.6) is 0 Å². The van der Waals surface area contributed by atoms with Gasteiger partial charge in [-0.3, -0.25) is 0 Å². The first-order valence-electron chi connectivity index (χ1n) is 6.27. The molecule has 2 atom stereocenters. The molecule has 0 aromatic carbocycles. The number of hydrogen-bond acceptors (Lipinski definition) is 3. The summed E-state index contributed by atoms with van der Waals surface area (Å²) >= 11 is 1.80. The lowest BCUT2D eigenvalue weighted by atomic mass is 9.90. The summed E-state index contributed by atoms with van der Waals surface area (Å²) in [5, 5.41) is 4.44. The molecule has 2 unspecified atom stereocenters. The van der Waals surface area contributed by atoms with Gasteiger partial charge in [0, 0.05) is 19.1 Å².